The van der Waals surface area contributed by atoms with Crippen LogP contribution in [0, 0.1) is 11.8 Å². The Morgan fingerprint density at radius 2 is 2.11 bits per heavy atom. The number of nitrogens with one attached hydrogen (secondary N) is 1. The smallest absolute Gasteiger partial charge is 0.307 e. The average molecular weight is 254 g/mol. The van der Waals surface area contributed by atoms with E-state index in [1.807, 2.05) is 6.92 Å². The lowest BCUT2D eigenvalue weighted by Crippen LogP contribution is -2.46. The van der Waals surface area contributed by atoms with Gasteiger partial charge in [-0.05, 0) is 51.6 Å². The quantitative estimate of drug-likeness (QED) is 0.755. The highest BCUT2D eigenvalue weighted by molar-refractivity contribution is 5.70. The van der Waals surface area contributed by atoms with Gasteiger partial charge in [0.05, 0.1) is 5.92 Å². The van der Waals surface area contributed by atoms with Crippen LogP contribution < -0.4 is 5.32 Å². The second-order valence-corrected chi connectivity index (χ2v) is 6.01. The van der Waals surface area contributed by atoms with Gasteiger partial charge in [0.25, 0.3) is 0 Å². The minimum Gasteiger partial charge on any atom is -0.481 e. The normalized spacial score (nSPS) is 28.1. The summed E-state index contributed by atoms with van der Waals surface area (Å²) in [6, 6.07) is 0.792. The van der Waals surface area contributed by atoms with Crippen LogP contribution >= 0.6 is 0 Å². The van der Waals surface area contributed by atoms with E-state index in [9.17, 15) is 9.90 Å². The minimum atomic E-state index is -0.671. The molecule has 0 amide bonds. The van der Waals surface area contributed by atoms with Gasteiger partial charge in [-0.2, -0.15) is 0 Å². The Bertz CT molecular complexity index is 286. The van der Waals surface area contributed by atoms with Gasteiger partial charge in [0.1, 0.15) is 0 Å². The highest BCUT2D eigenvalue weighted by Crippen LogP contribution is 2.32. The van der Waals surface area contributed by atoms with E-state index in [1.54, 1.807) is 0 Å². The van der Waals surface area contributed by atoms with E-state index in [1.165, 1.54) is 25.7 Å². The van der Waals surface area contributed by atoms with Gasteiger partial charge < -0.3 is 10.4 Å². The van der Waals surface area contributed by atoms with Crippen molar-refractivity contribution in [3.63, 3.8) is 0 Å². The second kappa shape index (κ2) is 6.02. The van der Waals surface area contributed by atoms with Crippen LogP contribution in [0.2, 0.25) is 0 Å². The first-order chi connectivity index (χ1) is 8.59. The molecule has 0 spiro atoms. The van der Waals surface area contributed by atoms with Gasteiger partial charge in [-0.3, -0.25) is 9.69 Å². The van der Waals surface area contributed by atoms with Crippen molar-refractivity contribution in [2.45, 2.75) is 51.6 Å². The van der Waals surface area contributed by atoms with Crippen LogP contribution in [0.25, 0.3) is 0 Å². The predicted octanol–water partition coefficient (Wildman–Crippen LogP) is 1.56. The van der Waals surface area contributed by atoms with E-state index in [0.29, 0.717) is 12.0 Å². The highest BCUT2D eigenvalue weighted by Gasteiger charge is 2.37. The lowest BCUT2D eigenvalue weighted by molar-refractivity contribution is -0.143. The first-order valence-electron chi connectivity index (χ1n) is 7.29. The van der Waals surface area contributed by atoms with E-state index in [2.05, 4.69) is 17.1 Å². The summed E-state index contributed by atoms with van der Waals surface area (Å²) in [7, 11) is 0. The van der Waals surface area contributed by atoms with Crippen molar-refractivity contribution in [2.75, 3.05) is 19.6 Å². The minimum absolute atomic E-state index is 0.150. The van der Waals surface area contributed by atoms with Crippen LogP contribution in [0.15, 0.2) is 0 Å². The van der Waals surface area contributed by atoms with Gasteiger partial charge in [0, 0.05) is 18.6 Å². The molecule has 18 heavy (non-hydrogen) atoms. The van der Waals surface area contributed by atoms with E-state index >= 15 is 0 Å². The molecule has 0 aromatic rings. The maximum absolute atomic E-state index is 11.1. The van der Waals surface area contributed by atoms with Gasteiger partial charge in [0.15, 0.2) is 0 Å². The van der Waals surface area contributed by atoms with Crippen LogP contribution in [0.4, 0.5) is 0 Å². The maximum Gasteiger partial charge on any atom is 0.307 e. The van der Waals surface area contributed by atoms with Crippen LogP contribution in [0.1, 0.15) is 39.5 Å². The third-order valence-electron chi connectivity index (χ3n) is 4.52. The second-order valence-electron chi connectivity index (χ2n) is 6.01. The average Bonchev–Trinajstić information content (AvgIpc) is 3.19. The Balaban J connectivity index is 1.92. The third-order valence-corrected chi connectivity index (χ3v) is 4.52. The summed E-state index contributed by atoms with van der Waals surface area (Å²) in [5.74, 6) is -0.250. The van der Waals surface area contributed by atoms with Crippen molar-refractivity contribution in [1.29, 1.82) is 0 Å². The standard InChI is InChI=1S/C14H26N2O2/c1-10(14(17)18)11(2)16(13-5-6-13)9-12-4-3-7-15-8-12/h10-13,15H,3-9H2,1-2H3,(H,17,18). The zero-order valence-corrected chi connectivity index (χ0v) is 11.6. The Hall–Kier alpha value is -0.610. The van der Waals surface area contributed by atoms with Crippen LogP contribution in [-0.2, 0) is 4.79 Å². The summed E-state index contributed by atoms with van der Waals surface area (Å²) in [5, 5.41) is 12.6. The summed E-state index contributed by atoms with van der Waals surface area (Å²) < 4.78 is 0. The molecule has 1 aliphatic carbocycles. The summed E-state index contributed by atoms with van der Waals surface area (Å²) >= 11 is 0. The molecule has 4 heteroatoms. The lowest BCUT2D eigenvalue weighted by atomic mass is 9.96. The summed E-state index contributed by atoms with van der Waals surface area (Å²) in [5.41, 5.74) is 0. The summed E-state index contributed by atoms with van der Waals surface area (Å²) in [6.07, 6.45) is 5.03. The number of hydrogen-bond donors (Lipinski definition) is 2. The molecule has 1 saturated carbocycles. The summed E-state index contributed by atoms with van der Waals surface area (Å²) in [6.45, 7) is 7.21. The molecular formula is C14H26N2O2. The van der Waals surface area contributed by atoms with E-state index in [0.717, 1.165) is 19.6 Å². The SMILES string of the molecule is CC(C(=O)O)C(C)N(CC1CCCNC1)C1CC1. The number of piperidine rings is 1. The van der Waals surface area contributed by atoms with Gasteiger partial charge in [-0.25, -0.2) is 0 Å². The Kier molecular flexibility index (Phi) is 4.62. The number of rotatable bonds is 6. The Morgan fingerprint density at radius 3 is 2.61 bits per heavy atom. The number of hydrogen-bond acceptors (Lipinski definition) is 3. The zero-order valence-electron chi connectivity index (χ0n) is 11.6. The van der Waals surface area contributed by atoms with Crippen molar-refractivity contribution < 1.29 is 9.90 Å². The molecule has 1 saturated heterocycles. The molecule has 0 aromatic carbocycles. The molecule has 2 aliphatic rings. The van der Waals surface area contributed by atoms with Gasteiger partial charge in [-0.15, -0.1) is 0 Å². The molecule has 1 heterocycles. The fourth-order valence-corrected chi connectivity index (χ4v) is 2.93. The monoisotopic (exact) mass is 254 g/mol. The predicted molar refractivity (Wildman–Crippen MR) is 71.6 cm³/mol. The largest absolute Gasteiger partial charge is 0.481 e. The number of nitrogens with zero attached hydrogens (tertiary/aromatic N) is 1. The van der Waals surface area contributed by atoms with Gasteiger partial charge in [-0.1, -0.05) is 6.92 Å². The molecule has 3 unspecified atom stereocenters. The van der Waals surface area contributed by atoms with Crippen molar-refractivity contribution >= 4 is 5.97 Å². The first kappa shape index (κ1) is 13.8. The number of carboxylic acids is 1. The summed E-state index contributed by atoms with van der Waals surface area (Å²) in [4.78, 5) is 13.6. The Morgan fingerprint density at radius 1 is 1.39 bits per heavy atom. The van der Waals surface area contributed by atoms with Crippen molar-refractivity contribution in [1.82, 2.24) is 10.2 Å². The molecular weight excluding hydrogens is 228 g/mol. The molecule has 104 valence electrons. The number of aliphatic carboxylic acids is 1. The fraction of sp³-hybridized carbons (Fsp3) is 0.929. The van der Waals surface area contributed by atoms with Crippen molar-refractivity contribution in [2.24, 2.45) is 11.8 Å². The third kappa shape index (κ3) is 3.45. The molecule has 0 aromatic heterocycles. The maximum atomic E-state index is 11.1. The molecule has 3 atom stereocenters. The molecule has 2 fully saturated rings. The van der Waals surface area contributed by atoms with Crippen molar-refractivity contribution in [3.05, 3.63) is 0 Å². The molecule has 1 aliphatic heterocycles. The van der Waals surface area contributed by atoms with Gasteiger partial charge in [0.2, 0.25) is 0 Å². The van der Waals surface area contributed by atoms with Gasteiger partial charge >= 0.3 is 5.97 Å². The van der Waals surface area contributed by atoms with Crippen LogP contribution in [0.3, 0.4) is 0 Å². The topological polar surface area (TPSA) is 52.6 Å². The van der Waals surface area contributed by atoms with E-state index in [-0.39, 0.29) is 12.0 Å². The Labute approximate surface area is 110 Å². The van der Waals surface area contributed by atoms with E-state index in [4.69, 9.17) is 0 Å². The van der Waals surface area contributed by atoms with E-state index < -0.39 is 5.97 Å². The number of carbonyl (C=O) groups is 1. The molecule has 2 N–H and O–H groups in total. The first-order valence-corrected chi connectivity index (χ1v) is 7.29. The number of carboxylic acid groups (broad SMARTS) is 1. The molecule has 0 bridgehead atoms. The fourth-order valence-electron chi connectivity index (χ4n) is 2.93. The molecule has 4 nitrogen and oxygen atoms in total. The highest BCUT2D eigenvalue weighted by atomic mass is 16.4. The van der Waals surface area contributed by atoms with Crippen molar-refractivity contribution in [3.8, 4) is 0 Å². The molecule has 2 rings (SSSR count). The van der Waals surface area contributed by atoms with Crippen LogP contribution in [0.5, 0.6) is 0 Å². The zero-order chi connectivity index (χ0) is 13.1. The van der Waals surface area contributed by atoms with Crippen LogP contribution in [-0.4, -0.2) is 47.7 Å². The lowest BCUT2D eigenvalue weighted by Gasteiger charge is -2.36. The molecule has 0 radical (unpaired) electrons.